The van der Waals surface area contributed by atoms with Gasteiger partial charge in [-0.3, -0.25) is 9.52 Å². The molecule has 0 saturated heterocycles. The number of rotatable bonds is 4. The number of carbonyl (C=O) groups is 1. The van der Waals surface area contributed by atoms with Crippen molar-refractivity contribution in [2.45, 2.75) is 5.33 Å². The SMILES string of the molecule is CN(C)C(=O)S(=O)(=O)Nc1ccccc1-c1ccc(CBr)cc1. The predicted molar refractivity (Wildman–Crippen MR) is 96.1 cm³/mol. The van der Waals surface area contributed by atoms with Crippen LogP contribution in [0, 0.1) is 0 Å². The third-order valence-corrected chi connectivity index (χ3v) is 5.15. The van der Waals surface area contributed by atoms with E-state index in [1.807, 2.05) is 30.3 Å². The molecule has 0 aliphatic heterocycles. The fourth-order valence-corrected chi connectivity index (χ4v) is 3.44. The molecule has 1 amide bonds. The van der Waals surface area contributed by atoms with Crippen LogP contribution in [0.5, 0.6) is 0 Å². The molecule has 0 radical (unpaired) electrons. The summed E-state index contributed by atoms with van der Waals surface area (Å²) in [5.41, 5.74) is 3.07. The number of halogens is 1. The quantitative estimate of drug-likeness (QED) is 0.801. The Hall–Kier alpha value is -1.86. The zero-order chi connectivity index (χ0) is 17.0. The summed E-state index contributed by atoms with van der Waals surface area (Å²) >= 11 is 3.39. The molecule has 0 heterocycles. The molecule has 2 aromatic rings. The highest BCUT2D eigenvalue weighted by Gasteiger charge is 2.24. The monoisotopic (exact) mass is 396 g/mol. The van der Waals surface area contributed by atoms with Gasteiger partial charge in [0.2, 0.25) is 0 Å². The molecule has 7 heteroatoms. The highest BCUT2D eigenvalue weighted by atomic mass is 79.9. The van der Waals surface area contributed by atoms with E-state index < -0.39 is 15.3 Å². The summed E-state index contributed by atoms with van der Waals surface area (Å²) < 4.78 is 26.6. The van der Waals surface area contributed by atoms with Crippen molar-refractivity contribution in [1.82, 2.24) is 4.90 Å². The van der Waals surface area contributed by atoms with E-state index in [1.165, 1.54) is 14.1 Å². The van der Waals surface area contributed by atoms with Crippen molar-refractivity contribution in [2.24, 2.45) is 0 Å². The fraction of sp³-hybridized carbons (Fsp3) is 0.188. The summed E-state index contributed by atoms with van der Waals surface area (Å²) in [7, 11) is -1.34. The Morgan fingerprint density at radius 1 is 1.09 bits per heavy atom. The largest absolute Gasteiger partial charge is 0.359 e. The predicted octanol–water partition coefficient (Wildman–Crippen LogP) is 3.67. The van der Waals surface area contributed by atoms with Crippen LogP contribution in [-0.2, 0) is 15.4 Å². The van der Waals surface area contributed by atoms with Crippen LogP contribution >= 0.6 is 15.9 Å². The maximum Gasteiger partial charge on any atom is 0.359 e. The van der Waals surface area contributed by atoms with Gasteiger partial charge in [0.15, 0.2) is 0 Å². The van der Waals surface area contributed by atoms with Crippen LogP contribution in [-0.4, -0.2) is 32.7 Å². The van der Waals surface area contributed by atoms with Crippen molar-refractivity contribution in [1.29, 1.82) is 0 Å². The Labute approximate surface area is 144 Å². The molecule has 5 nitrogen and oxygen atoms in total. The third-order valence-electron chi connectivity index (χ3n) is 3.19. The Kier molecular flexibility index (Phi) is 5.43. The maximum atomic E-state index is 12.1. The van der Waals surface area contributed by atoms with Crippen LogP contribution in [0.2, 0.25) is 0 Å². The molecule has 23 heavy (non-hydrogen) atoms. The molecule has 0 atom stereocenters. The standard InChI is InChI=1S/C16H17BrN2O3S/c1-19(2)16(20)23(21,22)18-15-6-4-3-5-14(15)13-9-7-12(11-17)8-10-13/h3-10,18H,11H2,1-2H3. The molecule has 0 unspecified atom stereocenters. The molecule has 0 aliphatic rings. The second-order valence-corrected chi connectivity index (χ2v) is 7.26. The number of para-hydroxylation sites is 1. The molecular weight excluding hydrogens is 380 g/mol. The molecular formula is C16H17BrN2O3S. The number of carbonyl (C=O) groups excluding carboxylic acids is 1. The molecule has 2 aromatic carbocycles. The number of nitrogens with one attached hydrogen (secondary N) is 1. The Morgan fingerprint density at radius 2 is 1.70 bits per heavy atom. The van der Waals surface area contributed by atoms with Gasteiger partial charge in [-0.1, -0.05) is 58.4 Å². The summed E-state index contributed by atoms with van der Waals surface area (Å²) in [6.07, 6.45) is 0. The highest BCUT2D eigenvalue weighted by Crippen LogP contribution is 2.29. The number of sulfonamides is 1. The maximum absolute atomic E-state index is 12.1. The first kappa shape index (κ1) is 17.5. The number of hydrogen-bond donors (Lipinski definition) is 1. The third kappa shape index (κ3) is 4.11. The summed E-state index contributed by atoms with van der Waals surface area (Å²) in [4.78, 5) is 12.8. The Bertz CT molecular complexity index is 802. The topological polar surface area (TPSA) is 66.5 Å². The van der Waals surface area contributed by atoms with Crippen LogP contribution in [0.1, 0.15) is 5.56 Å². The zero-order valence-electron chi connectivity index (χ0n) is 12.8. The number of alkyl halides is 1. The van der Waals surface area contributed by atoms with Crippen molar-refractivity contribution >= 4 is 36.9 Å². The molecule has 1 N–H and O–H groups in total. The fourth-order valence-electron chi connectivity index (χ4n) is 2.03. The lowest BCUT2D eigenvalue weighted by Crippen LogP contribution is -2.33. The van der Waals surface area contributed by atoms with Crippen molar-refractivity contribution in [2.75, 3.05) is 18.8 Å². The normalized spacial score (nSPS) is 11.1. The molecule has 0 spiro atoms. The molecule has 2 rings (SSSR count). The second-order valence-electron chi connectivity index (χ2n) is 5.14. The van der Waals surface area contributed by atoms with Crippen LogP contribution < -0.4 is 4.72 Å². The van der Waals surface area contributed by atoms with Crippen molar-refractivity contribution in [3.63, 3.8) is 0 Å². The van der Waals surface area contributed by atoms with E-state index in [1.54, 1.807) is 18.2 Å². The first-order valence-electron chi connectivity index (χ1n) is 6.83. The van der Waals surface area contributed by atoms with Gasteiger partial charge in [0.1, 0.15) is 0 Å². The van der Waals surface area contributed by atoms with E-state index in [0.717, 1.165) is 21.4 Å². The van der Waals surface area contributed by atoms with E-state index in [4.69, 9.17) is 0 Å². The van der Waals surface area contributed by atoms with Crippen molar-refractivity contribution < 1.29 is 13.2 Å². The summed E-state index contributed by atoms with van der Waals surface area (Å²) in [5, 5.41) is -0.235. The van der Waals surface area contributed by atoms with Gasteiger partial charge in [-0.15, -0.1) is 0 Å². The number of nitrogens with zero attached hydrogens (tertiary/aromatic N) is 1. The zero-order valence-corrected chi connectivity index (χ0v) is 15.2. The lowest BCUT2D eigenvalue weighted by atomic mass is 10.0. The average Bonchev–Trinajstić information content (AvgIpc) is 2.54. The molecule has 0 fully saturated rings. The van der Waals surface area contributed by atoms with Gasteiger partial charge in [0.05, 0.1) is 5.69 Å². The minimum absolute atomic E-state index is 0.370. The van der Waals surface area contributed by atoms with Crippen LogP contribution in [0.25, 0.3) is 11.1 Å². The lowest BCUT2D eigenvalue weighted by molar-refractivity contribution is 0.239. The van der Waals surface area contributed by atoms with Gasteiger partial charge >= 0.3 is 15.3 Å². The summed E-state index contributed by atoms with van der Waals surface area (Å²) in [6.45, 7) is 0. The molecule has 0 aromatic heterocycles. The van der Waals surface area contributed by atoms with Gasteiger partial charge in [0.25, 0.3) is 0 Å². The van der Waals surface area contributed by atoms with E-state index >= 15 is 0 Å². The minimum Gasteiger partial charge on any atom is -0.334 e. The molecule has 0 bridgehead atoms. The van der Waals surface area contributed by atoms with Crippen molar-refractivity contribution in [3.05, 3.63) is 54.1 Å². The highest BCUT2D eigenvalue weighted by molar-refractivity contribution is 9.08. The first-order valence-corrected chi connectivity index (χ1v) is 9.44. The second kappa shape index (κ2) is 7.14. The Morgan fingerprint density at radius 3 is 2.26 bits per heavy atom. The molecule has 0 aliphatic carbocycles. The number of anilines is 1. The number of hydrogen-bond acceptors (Lipinski definition) is 3. The van der Waals surface area contributed by atoms with Gasteiger partial charge in [-0.25, -0.2) is 0 Å². The van der Waals surface area contributed by atoms with E-state index in [9.17, 15) is 13.2 Å². The molecule has 122 valence electrons. The van der Waals surface area contributed by atoms with Gasteiger partial charge in [0, 0.05) is 25.0 Å². The van der Waals surface area contributed by atoms with E-state index in [2.05, 4.69) is 20.7 Å². The van der Waals surface area contributed by atoms with E-state index in [0.29, 0.717) is 11.3 Å². The molecule has 0 saturated carbocycles. The average molecular weight is 397 g/mol. The summed E-state index contributed by atoms with van der Waals surface area (Å²) in [6, 6.07) is 14.7. The van der Waals surface area contributed by atoms with Gasteiger partial charge in [-0.2, -0.15) is 8.42 Å². The van der Waals surface area contributed by atoms with Crippen molar-refractivity contribution in [3.8, 4) is 11.1 Å². The first-order chi connectivity index (χ1) is 10.8. The van der Waals surface area contributed by atoms with E-state index in [-0.39, 0.29) is 0 Å². The lowest BCUT2D eigenvalue weighted by Gasteiger charge is -2.15. The van der Waals surface area contributed by atoms with Gasteiger partial charge < -0.3 is 4.90 Å². The van der Waals surface area contributed by atoms with Crippen LogP contribution in [0.4, 0.5) is 10.5 Å². The smallest absolute Gasteiger partial charge is 0.334 e. The van der Waals surface area contributed by atoms with Gasteiger partial charge in [-0.05, 0) is 17.2 Å². The van der Waals surface area contributed by atoms with Crippen LogP contribution in [0.15, 0.2) is 48.5 Å². The van der Waals surface area contributed by atoms with Crippen LogP contribution in [0.3, 0.4) is 0 Å². The Balaban J connectivity index is 2.39. The summed E-state index contributed by atoms with van der Waals surface area (Å²) in [5.74, 6) is 0. The minimum atomic E-state index is -4.13. The number of amides is 1. The number of benzene rings is 2.